The molecule has 4 nitrogen and oxygen atoms in total. The van der Waals surface area contributed by atoms with Crippen LogP contribution < -0.4 is 4.90 Å². The smallest absolute Gasteiger partial charge is 0.356 e. The summed E-state index contributed by atoms with van der Waals surface area (Å²) in [6.07, 6.45) is -2.96. The van der Waals surface area contributed by atoms with Gasteiger partial charge in [0.05, 0.1) is 6.04 Å². The Morgan fingerprint density at radius 2 is 1.94 bits per heavy atom. The van der Waals surface area contributed by atoms with Gasteiger partial charge in [-0.1, -0.05) is 23.7 Å². The zero-order valence-corrected chi connectivity index (χ0v) is 17.6. The Labute approximate surface area is 185 Å². The molecule has 0 saturated carbocycles. The van der Waals surface area contributed by atoms with Crippen molar-refractivity contribution in [1.82, 2.24) is 15.0 Å². The highest BCUT2D eigenvalue weighted by Crippen LogP contribution is 2.41. The van der Waals surface area contributed by atoms with Crippen molar-refractivity contribution in [1.29, 1.82) is 0 Å². The number of fused-ring (bicyclic) bond motifs is 3. The van der Waals surface area contributed by atoms with Crippen LogP contribution in [0.5, 0.6) is 0 Å². The molecule has 1 N–H and O–H groups in total. The molecule has 0 aliphatic carbocycles. The second kappa shape index (κ2) is 7.48. The maximum Gasteiger partial charge on any atom is 0.433 e. The van der Waals surface area contributed by atoms with Crippen LogP contribution in [-0.2, 0) is 12.6 Å². The minimum absolute atomic E-state index is 0.0619. The maximum atomic E-state index is 14.5. The third-order valence-electron chi connectivity index (χ3n) is 5.79. The minimum Gasteiger partial charge on any atom is -0.356 e. The second-order valence-electron chi connectivity index (χ2n) is 7.80. The molecule has 4 aromatic rings. The lowest BCUT2D eigenvalue weighted by molar-refractivity contribution is -0.141. The monoisotopic (exact) mass is 460 g/mol. The molecule has 1 aliphatic heterocycles. The van der Waals surface area contributed by atoms with Crippen LogP contribution in [0.3, 0.4) is 0 Å². The first-order valence-corrected chi connectivity index (χ1v) is 10.3. The number of nitrogens with one attached hydrogen (secondary N) is 1. The first kappa shape index (κ1) is 20.8. The molecule has 0 bridgehead atoms. The van der Waals surface area contributed by atoms with Gasteiger partial charge in [-0.2, -0.15) is 13.2 Å². The molecule has 3 heterocycles. The van der Waals surface area contributed by atoms with Crippen LogP contribution in [0.4, 0.5) is 23.5 Å². The van der Waals surface area contributed by atoms with Crippen LogP contribution in [0.25, 0.3) is 10.9 Å². The number of hydrogen-bond acceptors (Lipinski definition) is 3. The molecule has 2 aromatic heterocycles. The van der Waals surface area contributed by atoms with Crippen LogP contribution in [0.15, 0.2) is 48.7 Å². The summed E-state index contributed by atoms with van der Waals surface area (Å²) in [6.45, 7) is 2.01. The van der Waals surface area contributed by atoms with E-state index in [0.717, 1.165) is 34.4 Å². The summed E-state index contributed by atoms with van der Waals surface area (Å²) < 4.78 is 54.4. The van der Waals surface area contributed by atoms with E-state index in [-0.39, 0.29) is 5.95 Å². The van der Waals surface area contributed by atoms with Gasteiger partial charge < -0.3 is 9.88 Å². The predicted molar refractivity (Wildman–Crippen MR) is 114 cm³/mol. The zero-order chi connectivity index (χ0) is 22.6. The Balaban J connectivity index is 1.71. The number of aromatic amines is 1. The van der Waals surface area contributed by atoms with E-state index in [1.807, 2.05) is 12.1 Å². The third kappa shape index (κ3) is 3.48. The molecule has 1 unspecified atom stereocenters. The fraction of sp³-hybridized carbons (Fsp3) is 0.217. The standard InChI is InChI=1S/C23H17ClF4N4/c1-12-2-3-13(10-17(12)25)21-20-15(16-11-14(24)4-5-18(16)30-20)7-9-32(21)22-29-8-6-19(31-22)23(26,27)28/h2-6,8,10-11,21,30H,7,9H2,1H3. The van der Waals surface area contributed by atoms with Gasteiger partial charge in [0.2, 0.25) is 5.95 Å². The summed E-state index contributed by atoms with van der Waals surface area (Å²) in [7, 11) is 0. The Morgan fingerprint density at radius 1 is 1.12 bits per heavy atom. The number of nitrogens with zero attached hydrogens (tertiary/aromatic N) is 3. The van der Waals surface area contributed by atoms with Crippen LogP contribution in [0, 0.1) is 12.7 Å². The van der Waals surface area contributed by atoms with Crippen LogP contribution in [-0.4, -0.2) is 21.5 Å². The number of aromatic nitrogens is 3. The quantitative estimate of drug-likeness (QED) is 0.361. The molecule has 0 fully saturated rings. The molecular weight excluding hydrogens is 444 g/mol. The Hall–Kier alpha value is -3.13. The Kier molecular flexibility index (Phi) is 4.85. The highest BCUT2D eigenvalue weighted by molar-refractivity contribution is 6.31. The van der Waals surface area contributed by atoms with Crippen molar-refractivity contribution in [3.05, 3.63) is 87.6 Å². The van der Waals surface area contributed by atoms with E-state index in [1.54, 1.807) is 30.0 Å². The van der Waals surface area contributed by atoms with Gasteiger partial charge in [0.25, 0.3) is 0 Å². The number of rotatable bonds is 2. The average Bonchev–Trinajstić information content (AvgIpc) is 3.12. The van der Waals surface area contributed by atoms with Gasteiger partial charge in [0.1, 0.15) is 11.5 Å². The van der Waals surface area contributed by atoms with E-state index in [4.69, 9.17) is 11.6 Å². The van der Waals surface area contributed by atoms with Gasteiger partial charge in [-0.05, 0) is 60.4 Å². The second-order valence-corrected chi connectivity index (χ2v) is 8.24. The molecular formula is C23H17ClF4N4. The highest BCUT2D eigenvalue weighted by atomic mass is 35.5. The molecule has 0 radical (unpaired) electrons. The number of alkyl halides is 3. The predicted octanol–water partition coefficient (Wildman–Crippen LogP) is 6.23. The zero-order valence-electron chi connectivity index (χ0n) is 16.8. The first-order chi connectivity index (χ1) is 15.2. The van der Waals surface area contributed by atoms with Crippen LogP contribution in [0.2, 0.25) is 5.02 Å². The molecule has 0 spiro atoms. The van der Waals surface area contributed by atoms with Crippen LogP contribution >= 0.6 is 11.6 Å². The third-order valence-corrected chi connectivity index (χ3v) is 6.03. The van der Waals surface area contributed by atoms with Crippen molar-refractivity contribution >= 4 is 28.5 Å². The van der Waals surface area contributed by atoms with Crippen LogP contribution in [0.1, 0.15) is 34.1 Å². The van der Waals surface area contributed by atoms with Crippen molar-refractivity contribution in [2.45, 2.75) is 25.6 Å². The number of H-pyrrole nitrogens is 1. The summed E-state index contributed by atoms with van der Waals surface area (Å²) in [5, 5.41) is 1.52. The molecule has 1 aliphatic rings. The van der Waals surface area contributed by atoms with E-state index in [0.29, 0.717) is 29.1 Å². The molecule has 0 amide bonds. The van der Waals surface area contributed by atoms with Crippen molar-refractivity contribution in [2.24, 2.45) is 0 Å². The van der Waals surface area contributed by atoms with Crippen molar-refractivity contribution in [2.75, 3.05) is 11.4 Å². The minimum atomic E-state index is -4.60. The summed E-state index contributed by atoms with van der Waals surface area (Å²) in [6, 6.07) is 10.6. The molecule has 9 heteroatoms. The Bertz CT molecular complexity index is 1330. The van der Waals surface area contributed by atoms with Crippen molar-refractivity contribution in [3.8, 4) is 0 Å². The fourth-order valence-electron chi connectivity index (χ4n) is 4.25. The molecule has 32 heavy (non-hydrogen) atoms. The van der Waals surface area contributed by atoms with E-state index in [1.165, 1.54) is 6.07 Å². The number of hydrogen-bond donors (Lipinski definition) is 1. The van der Waals surface area contributed by atoms with Gasteiger partial charge in [-0.25, -0.2) is 14.4 Å². The summed E-state index contributed by atoms with van der Waals surface area (Å²) in [5.74, 6) is -0.452. The maximum absolute atomic E-state index is 14.5. The van der Waals surface area contributed by atoms with Crippen molar-refractivity contribution < 1.29 is 17.6 Å². The van der Waals surface area contributed by atoms with Gasteiger partial charge in [0.15, 0.2) is 0 Å². The molecule has 5 rings (SSSR count). The normalized spacial score (nSPS) is 16.4. The molecule has 2 aromatic carbocycles. The SMILES string of the molecule is Cc1ccc(C2c3[nH]c4ccc(Cl)cc4c3CCN2c2nccc(C(F)(F)F)n2)cc1F. The lowest BCUT2D eigenvalue weighted by Gasteiger charge is -2.36. The van der Waals surface area contributed by atoms with E-state index in [9.17, 15) is 17.6 Å². The number of anilines is 1. The molecule has 164 valence electrons. The van der Waals surface area contributed by atoms with E-state index < -0.39 is 23.7 Å². The Morgan fingerprint density at radius 3 is 2.69 bits per heavy atom. The largest absolute Gasteiger partial charge is 0.433 e. The van der Waals surface area contributed by atoms with E-state index >= 15 is 0 Å². The average molecular weight is 461 g/mol. The van der Waals surface area contributed by atoms with Gasteiger partial charge in [-0.3, -0.25) is 0 Å². The lowest BCUT2D eigenvalue weighted by atomic mass is 9.92. The van der Waals surface area contributed by atoms with Gasteiger partial charge in [0, 0.05) is 34.4 Å². The molecule has 0 saturated heterocycles. The van der Waals surface area contributed by atoms with E-state index in [2.05, 4.69) is 15.0 Å². The summed E-state index contributed by atoms with van der Waals surface area (Å²) in [4.78, 5) is 13.0. The van der Waals surface area contributed by atoms with Crippen molar-refractivity contribution in [3.63, 3.8) is 0 Å². The fourth-order valence-corrected chi connectivity index (χ4v) is 4.42. The summed E-state index contributed by atoms with van der Waals surface area (Å²) in [5.41, 5.74) is 2.66. The topological polar surface area (TPSA) is 44.8 Å². The van der Waals surface area contributed by atoms with Gasteiger partial charge in [-0.15, -0.1) is 0 Å². The highest BCUT2D eigenvalue weighted by Gasteiger charge is 2.37. The number of aryl methyl sites for hydroxylation is 1. The summed E-state index contributed by atoms with van der Waals surface area (Å²) >= 11 is 6.19. The number of halogens is 5. The molecule has 1 atom stereocenters. The lowest BCUT2D eigenvalue weighted by Crippen LogP contribution is -2.37. The first-order valence-electron chi connectivity index (χ1n) is 9.95. The number of benzene rings is 2. The van der Waals surface area contributed by atoms with Gasteiger partial charge >= 0.3 is 6.18 Å².